The summed E-state index contributed by atoms with van der Waals surface area (Å²) in [6.45, 7) is 0. The Kier molecular flexibility index (Phi) is 5.61. The maximum Gasteiger partial charge on any atom is 0.150 e. The van der Waals surface area contributed by atoms with Gasteiger partial charge >= 0.3 is 0 Å². The van der Waals surface area contributed by atoms with E-state index in [9.17, 15) is 0 Å². The quantitative estimate of drug-likeness (QED) is 0.393. The molecule has 0 saturated heterocycles. The first-order valence-electron chi connectivity index (χ1n) is 9.71. The first-order valence-corrected chi connectivity index (χ1v) is 9.71. The highest BCUT2D eigenvalue weighted by atomic mass is 16.5. The zero-order valence-corrected chi connectivity index (χ0v) is 16.9. The third-order valence-electron chi connectivity index (χ3n) is 4.78. The minimum absolute atomic E-state index is 0.475. The molecule has 0 aliphatic carbocycles. The number of anilines is 2. The lowest BCUT2D eigenvalue weighted by atomic mass is 10.0. The van der Waals surface area contributed by atoms with Gasteiger partial charge in [0.2, 0.25) is 0 Å². The number of ether oxygens (including phenoxy) is 2. The minimum Gasteiger partial charge on any atom is -0.455 e. The lowest BCUT2D eigenvalue weighted by molar-refractivity contribution is 0.484. The van der Waals surface area contributed by atoms with Crippen molar-refractivity contribution in [1.29, 1.82) is 10.5 Å². The molecule has 4 N–H and O–H groups in total. The summed E-state index contributed by atoms with van der Waals surface area (Å²) in [5.41, 5.74) is 16.2. The van der Waals surface area contributed by atoms with Crippen LogP contribution in [0.25, 0.3) is 11.1 Å². The van der Waals surface area contributed by atoms with Gasteiger partial charge in [-0.2, -0.15) is 10.5 Å². The number of nitrogen functional groups attached to an aromatic ring is 2. The van der Waals surface area contributed by atoms with Crippen molar-refractivity contribution in [1.82, 2.24) is 0 Å². The Balaban J connectivity index is 1.51. The standard InChI is InChI=1S/C26H18N4O2/c27-15-17-1-7-21(8-2-17)31-25-11-5-19(13-23(25)29)20-6-12-26(24(30)14-20)32-22-9-3-18(16-28)4-10-22/h1-14H,29-30H2. The fourth-order valence-electron chi connectivity index (χ4n) is 3.09. The zero-order valence-electron chi connectivity index (χ0n) is 16.9. The van der Waals surface area contributed by atoms with Gasteiger partial charge in [-0.1, -0.05) is 12.1 Å². The van der Waals surface area contributed by atoms with Crippen LogP contribution in [0.3, 0.4) is 0 Å². The Morgan fingerprint density at radius 3 is 1.22 bits per heavy atom. The second kappa shape index (κ2) is 8.83. The highest BCUT2D eigenvalue weighted by Gasteiger charge is 2.09. The lowest BCUT2D eigenvalue weighted by Crippen LogP contribution is -1.95. The average molecular weight is 418 g/mol. The molecule has 6 heteroatoms. The zero-order chi connectivity index (χ0) is 22.5. The number of hydrogen-bond acceptors (Lipinski definition) is 6. The molecule has 0 atom stereocenters. The van der Waals surface area contributed by atoms with Crippen LogP contribution in [0.4, 0.5) is 11.4 Å². The topological polar surface area (TPSA) is 118 Å². The summed E-state index contributed by atoms with van der Waals surface area (Å²) in [4.78, 5) is 0. The van der Waals surface area contributed by atoms with E-state index in [1.54, 1.807) is 60.7 Å². The largest absolute Gasteiger partial charge is 0.455 e. The van der Waals surface area contributed by atoms with Crippen LogP contribution in [0.5, 0.6) is 23.0 Å². The normalized spacial score (nSPS) is 10.1. The summed E-state index contributed by atoms with van der Waals surface area (Å²) in [5, 5.41) is 17.8. The number of nitrogens with zero attached hydrogens (tertiary/aromatic N) is 2. The lowest BCUT2D eigenvalue weighted by Gasteiger charge is -2.12. The maximum absolute atomic E-state index is 8.89. The van der Waals surface area contributed by atoms with Crippen molar-refractivity contribution in [3.05, 3.63) is 96.1 Å². The van der Waals surface area contributed by atoms with Crippen LogP contribution < -0.4 is 20.9 Å². The van der Waals surface area contributed by atoms with Gasteiger partial charge in [0.15, 0.2) is 0 Å². The molecule has 0 aromatic heterocycles. The molecule has 0 bridgehead atoms. The highest BCUT2D eigenvalue weighted by Crippen LogP contribution is 2.35. The molecule has 4 rings (SSSR count). The summed E-state index contributed by atoms with van der Waals surface area (Å²) in [6, 6.07) is 28.8. The Bertz CT molecular complexity index is 1240. The maximum atomic E-state index is 8.89. The van der Waals surface area contributed by atoms with Crippen molar-refractivity contribution in [3.63, 3.8) is 0 Å². The van der Waals surface area contributed by atoms with Crippen molar-refractivity contribution in [2.45, 2.75) is 0 Å². The third-order valence-corrected chi connectivity index (χ3v) is 4.78. The van der Waals surface area contributed by atoms with E-state index in [1.165, 1.54) is 0 Å². The molecule has 4 aromatic rings. The molecule has 6 nitrogen and oxygen atoms in total. The average Bonchev–Trinajstić information content (AvgIpc) is 2.82. The fourth-order valence-corrected chi connectivity index (χ4v) is 3.09. The van der Waals surface area contributed by atoms with E-state index in [0.29, 0.717) is 45.5 Å². The SMILES string of the molecule is N#Cc1ccc(Oc2ccc(-c3ccc(Oc4ccc(C#N)cc4)c(N)c3)cc2N)cc1. The van der Waals surface area contributed by atoms with Gasteiger partial charge in [-0.15, -0.1) is 0 Å². The molecule has 0 amide bonds. The minimum atomic E-state index is 0.475. The molecule has 154 valence electrons. The Morgan fingerprint density at radius 1 is 0.531 bits per heavy atom. The summed E-state index contributed by atoms with van der Waals surface area (Å²) in [5.74, 6) is 2.23. The monoisotopic (exact) mass is 418 g/mol. The summed E-state index contributed by atoms with van der Waals surface area (Å²) >= 11 is 0. The van der Waals surface area contributed by atoms with E-state index in [0.717, 1.165) is 11.1 Å². The van der Waals surface area contributed by atoms with Gasteiger partial charge in [-0.05, 0) is 83.9 Å². The van der Waals surface area contributed by atoms with E-state index in [2.05, 4.69) is 12.1 Å². The van der Waals surface area contributed by atoms with Crippen molar-refractivity contribution in [2.75, 3.05) is 11.5 Å². The van der Waals surface area contributed by atoms with Gasteiger partial charge in [0.1, 0.15) is 23.0 Å². The van der Waals surface area contributed by atoms with Gasteiger partial charge in [-0.25, -0.2) is 0 Å². The van der Waals surface area contributed by atoms with Crippen LogP contribution in [-0.2, 0) is 0 Å². The van der Waals surface area contributed by atoms with Crippen LogP contribution in [0, 0.1) is 22.7 Å². The predicted molar refractivity (Wildman–Crippen MR) is 123 cm³/mol. The molecule has 0 radical (unpaired) electrons. The number of nitrogens with two attached hydrogens (primary N) is 2. The van der Waals surface area contributed by atoms with Gasteiger partial charge in [0.05, 0.1) is 34.6 Å². The summed E-state index contributed by atoms with van der Waals surface area (Å²) in [7, 11) is 0. The molecule has 0 spiro atoms. The molecule has 0 aliphatic heterocycles. The number of benzene rings is 4. The van der Waals surface area contributed by atoms with Crippen LogP contribution in [0.2, 0.25) is 0 Å². The Labute approximate surface area is 185 Å². The molecule has 0 aliphatic rings. The van der Waals surface area contributed by atoms with E-state index in [-0.39, 0.29) is 0 Å². The van der Waals surface area contributed by atoms with E-state index < -0.39 is 0 Å². The summed E-state index contributed by atoms with van der Waals surface area (Å²) in [6.07, 6.45) is 0. The van der Waals surface area contributed by atoms with E-state index in [1.807, 2.05) is 24.3 Å². The molecule has 0 unspecified atom stereocenters. The third kappa shape index (κ3) is 4.46. The molecule has 32 heavy (non-hydrogen) atoms. The van der Waals surface area contributed by atoms with Crippen molar-refractivity contribution >= 4 is 11.4 Å². The fraction of sp³-hybridized carbons (Fsp3) is 0. The van der Waals surface area contributed by atoms with Crippen molar-refractivity contribution < 1.29 is 9.47 Å². The van der Waals surface area contributed by atoms with Crippen LogP contribution >= 0.6 is 0 Å². The first kappa shape index (κ1) is 20.3. The van der Waals surface area contributed by atoms with E-state index >= 15 is 0 Å². The van der Waals surface area contributed by atoms with Crippen LogP contribution in [-0.4, -0.2) is 0 Å². The molecular weight excluding hydrogens is 400 g/mol. The molecule has 0 heterocycles. The summed E-state index contributed by atoms with van der Waals surface area (Å²) < 4.78 is 11.7. The number of nitriles is 2. The van der Waals surface area contributed by atoms with Gasteiger partial charge in [-0.3, -0.25) is 0 Å². The Morgan fingerprint density at radius 2 is 0.906 bits per heavy atom. The first-order chi connectivity index (χ1) is 15.6. The molecular formula is C26H18N4O2. The van der Waals surface area contributed by atoms with Crippen molar-refractivity contribution in [2.24, 2.45) is 0 Å². The number of hydrogen-bond donors (Lipinski definition) is 2. The Hall–Kier alpha value is -4.94. The second-order valence-electron chi connectivity index (χ2n) is 6.98. The van der Waals surface area contributed by atoms with Gasteiger partial charge in [0.25, 0.3) is 0 Å². The molecule has 4 aromatic carbocycles. The number of rotatable bonds is 5. The smallest absolute Gasteiger partial charge is 0.150 e. The van der Waals surface area contributed by atoms with Crippen LogP contribution in [0.1, 0.15) is 11.1 Å². The highest BCUT2D eigenvalue weighted by molar-refractivity contribution is 5.75. The predicted octanol–water partition coefficient (Wildman–Crippen LogP) is 5.85. The van der Waals surface area contributed by atoms with Gasteiger partial charge in [0, 0.05) is 0 Å². The molecule has 0 saturated carbocycles. The second-order valence-corrected chi connectivity index (χ2v) is 6.98. The van der Waals surface area contributed by atoms with E-state index in [4.69, 9.17) is 31.5 Å². The molecule has 0 fully saturated rings. The van der Waals surface area contributed by atoms with Crippen LogP contribution in [0.15, 0.2) is 84.9 Å². The van der Waals surface area contributed by atoms with Crippen molar-refractivity contribution in [3.8, 4) is 46.3 Å². The van der Waals surface area contributed by atoms with Gasteiger partial charge < -0.3 is 20.9 Å².